The lowest BCUT2D eigenvalue weighted by atomic mass is 10.1. The first-order chi connectivity index (χ1) is 9.65. The van der Waals surface area contributed by atoms with Gasteiger partial charge in [0, 0.05) is 23.8 Å². The lowest BCUT2D eigenvalue weighted by molar-refractivity contribution is 0.100. The number of aromatic nitrogens is 1. The van der Waals surface area contributed by atoms with E-state index in [4.69, 9.17) is 5.73 Å². The first kappa shape index (κ1) is 12.5. The van der Waals surface area contributed by atoms with E-state index < -0.39 is 5.91 Å². The van der Waals surface area contributed by atoms with Gasteiger partial charge in [0.05, 0.1) is 0 Å². The molecule has 0 saturated carbocycles. The monoisotopic (exact) mass is 264 g/mol. The highest BCUT2D eigenvalue weighted by Gasteiger charge is 2.07. The summed E-state index contributed by atoms with van der Waals surface area (Å²) < 4.78 is 2.14. The molecule has 0 unspecified atom stereocenters. The van der Waals surface area contributed by atoms with Crippen LogP contribution in [0.25, 0.3) is 10.9 Å². The van der Waals surface area contributed by atoms with E-state index in [1.165, 1.54) is 11.1 Å². The molecule has 0 fully saturated rings. The third-order valence-corrected chi connectivity index (χ3v) is 3.66. The minimum Gasteiger partial charge on any atom is -0.366 e. The van der Waals surface area contributed by atoms with Crippen molar-refractivity contribution in [3.05, 3.63) is 71.4 Å². The molecule has 3 aromatic rings. The van der Waals surface area contributed by atoms with E-state index in [9.17, 15) is 4.79 Å². The molecule has 20 heavy (non-hydrogen) atoms. The first-order valence-corrected chi connectivity index (χ1v) is 6.58. The summed E-state index contributed by atoms with van der Waals surface area (Å²) in [5.41, 5.74) is 9.46. The topological polar surface area (TPSA) is 48.0 Å². The zero-order chi connectivity index (χ0) is 14.1. The number of benzene rings is 2. The van der Waals surface area contributed by atoms with E-state index in [-0.39, 0.29) is 0 Å². The van der Waals surface area contributed by atoms with Gasteiger partial charge in [0.1, 0.15) is 0 Å². The Kier molecular flexibility index (Phi) is 3.03. The Morgan fingerprint density at radius 3 is 2.70 bits per heavy atom. The van der Waals surface area contributed by atoms with Crippen molar-refractivity contribution < 1.29 is 4.79 Å². The van der Waals surface area contributed by atoms with Crippen molar-refractivity contribution in [3.8, 4) is 0 Å². The highest BCUT2D eigenvalue weighted by Crippen LogP contribution is 2.20. The number of carbonyl (C=O) groups is 1. The normalized spacial score (nSPS) is 10.8. The number of hydrogen-bond acceptors (Lipinski definition) is 1. The second-order valence-electron chi connectivity index (χ2n) is 5.01. The van der Waals surface area contributed by atoms with Crippen LogP contribution in [0.5, 0.6) is 0 Å². The number of nitrogens with two attached hydrogens (primary N) is 1. The van der Waals surface area contributed by atoms with Gasteiger partial charge in [-0.05, 0) is 41.6 Å². The Labute approximate surface area is 117 Å². The molecule has 0 saturated heterocycles. The van der Waals surface area contributed by atoms with Crippen LogP contribution in [-0.2, 0) is 6.54 Å². The summed E-state index contributed by atoms with van der Waals surface area (Å²) in [5, 5.41) is 1.11. The van der Waals surface area contributed by atoms with Gasteiger partial charge < -0.3 is 10.3 Å². The summed E-state index contributed by atoms with van der Waals surface area (Å²) in [6.45, 7) is 2.90. The number of fused-ring (bicyclic) bond motifs is 1. The van der Waals surface area contributed by atoms with Crippen molar-refractivity contribution in [2.45, 2.75) is 13.5 Å². The van der Waals surface area contributed by atoms with E-state index >= 15 is 0 Å². The van der Waals surface area contributed by atoms with E-state index in [1.807, 2.05) is 30.5 Å². The second-order valence-corrected chi connectivity index (χ2v) is 5.01. The average Bonchev–Trinajstić information content (AvgIpc) is 2.84. The molecular formula is C17H16N2O. The van der Waals surface area contributed by atoms with Crippen LogP contribution in [0, 0.1) is 6.92 Å². The molecule has 0 spiro atoms. The molecule has 0 aliphatic carbocycles. The molecule has 0 atom stereocenters. The average molecular weight is 264 g/mol. The van der Waals surface area contributed by atoms with Gasteiger partial charge in [0.15, 0.2) is 0 Å². The van der Waals surface area contributed by atoms with Crippen LogP contribution < -0.4 is 5.73 Å². The lowest BCUT2D eigenvalue weighted by Gasteiger charge is -2.09. The van der Waals surface area contributed by atoms with Crippen LogP contribution in [0.4, 0.5) is 0 Å². The number of rotatable bonds is 3. The molecule has 2 N–H and O–H groups in total. The Balaban J connectivity index is 2.06. The number of primary amides is 1. The Morgan fingerprint density at radius 2 is 1.95 bits per heavy atom. The molecule has 100 valence electrons. The minimum absolute atomic E-state index is 0.393. The predicted molar refractivity (Wildman–Crippen MR) is 80.7 cm³/mol. The van der Waals surface area contributed by atoms with Gasteiger partial charge in [0.25, 0.3) is 0 Å². The van der Waals surface area contributed by atoms with Crippen molar-refractivity contribution in [1.29, 1.82) is 0 Å². The highest BCUT2D eigenvalue weighted by molar-refractivity contribution is 5.97. The van der Waals surface area contributed by atoms with Crippen LogP contribution in [0.1, 0.15) is 21.5 Å². The number of aryl methyl sites for hydroxylation is 1. The minimum atomic E-state index is -0.393. The summed E-state index contributed by atoms with van der Waals surface area (Å²) >= 11 is 0. The van der Waals surface area contributed by atoms with Crippen LogP contribution in [0.3, 0.4) is 0 Å². The Hall–Kier alpha value is -2.55. The van der Waals surface area contributed by atoms with Gasteiger partial charge in [-0.3, -0.25) is 4.79 Å². The molecule has 3 rings (SSSR count). The van der Waals surface area contributed by atoms with Crippen molar-refractivity contribution in [1.82, 2.24) is 4.57 Å². The summed E-state index contributed by atoms with van der Waals surface area (Å²) in [7, 11) is 0. The maximum atomic E-state index is 11.3. The molecule has 0 aliphatic rings. The zero-order valence-electron chi connectivity index (χ0n) is 11.3. The largest absolute Gasteiger partial charge is 0.366 e. The van der Waals surface area contributed by atoms with Gasteiger partial charge in [0.2, 0.25) is 5.91 Å². The van der Waals surface area contributed by atoms with Gasteiger partial charge in [-0.2, -0.15) is 0 Å². The van der Waals surface area contributed by atoms with E-state index in [1.54, 1.807) is 6.07 Å². The molecule has 1 amide bonds. The maximum Gasteiger partial charge on any atom is 0.248 e. The molecule has 3 nitrogen and oxygen atoms in total. The van der Waals surface area contributed by atoms with Gasteiger partial charge >= 0.3 is 0 Å². The SMILES string of the molecule is Cc1ccccc1Cn1ccc2ccc(C(N)=O)cc21. The smallest absolute Gasteiger partial charge is 0.248 e. The lowest BCUT2D eigenvalue weighted by Crippen LogP contribution is -2.10. The van der Waals surface area contributed by atoms with Gasteiger partial charge in [-0.1, -0.05) is 30.3 Å². The highest BCUT2D eigenvalue weighted by atomic mass is 16.1. The molecule has 0 radical (unpaired) electrons. The van der Waals surface area contributed by atoms with Crippen LogP contribution >= 0.6 is 0 Å². The van der Waals surface area contributed by atoms with Gasteiger partial charge in [-0.15, -0.1) is 0 Å². The standard InChI is InChI=1S/C17H16N2O/c1-12-4-2-3-5-15(12)11-19-9-8-13-6-7-14(17(18)20)10-16(13)19/h2-10H,11H2,1H3,(H2,18,20). The molecule has 2 aromatic carbocycles. The Bertz CT molecular complexity index is 787. The number of nitrogens with zero attached hydrogens (tertiary/aromatic N) is 1. The van der Waals surface area contributed by atoms with E-state index in [0.29, 0.717) is 5.56 Å². The van der Waals surface area contributed by atoms with Crippen molar-refractivity contribution in [3.63, 3.8) is 0 Å². The fraction of sp³-hybridized carbons (Fsp3) is 0.118. The quantitative estimate of drug-likeness (QED) is 0.776. The fourth-order valence-electron chi connectivity index (χ4n) is 2.45. The molecule has 1 heterocycles. The van der Waals surface area contributed by atoms with Crippen molar-refractivity contribution in [2.75, 3.05) is 0 Å². The third-order valence-electron chi connectivity index (χ3n) is 3.66. The molecule has 3 heteroatoms. The third kappa shape index (κ3) is 2.18. The molecule has 0 bridgehead atoms. The zero-order valence-corrected chi connectivity index (χ0v) is 11.3. The number of carbonyl (C=O) groups excluding carboxylic acids is 1. The summed E-state index contributed by atoms with van der Waals surface area (Å²) in [5.74, 6) is -0.393. The summed E-state index contributed by atoms with van der Waals surface area (Å²) in [6, 6.07) is 15.9. The Morgan fingerprint density at radius 1 is 1.15 bits per heavy atom. The van der Waals surface area contributed by atoms with Crippen LogP contribution in [-0.4, -0.2) is 10.5 Å². The van der Waals surface area contributed by atoms with Crippen LogP contribution in [0.15, 0.2) is 54.7 Å². The van der Waals surface area contributed by atoms with E-state index in [0.717, 1.165) is 17.4 Å². The second kappa shape index (κ2) is 4.85. The first-order valence-electron chi connectivity index (χ1n) is 6.58. The number of amides is 1. The summed E-state index contributed by atoms with van der Waals surface area (Å²) in [6.07, 6.45) is 2.04. The van der Waals surface area contributed by atoms with Crippen molar-refractivity contribution in [2.24, 2.45) is 5.73 Å². The van der Waals surface area contributed by atoms with Crippen molar-refractivity contribution >= 4 is 16.8 Å². The van der Waals surface area contributed by atoms with Crippen LogP contribution in [0.2, 0.25) is 0 Å². The molecule has 1 aromatic heterocycles. The molecular weight excluding hydrogens is 248 g/mol. The fourth-order valence-corrected chi connectivity index (χ4v) is 2.45. The van der Waals surface area contributed by atoms with Gasteiger partial charge in [-0.25, -0.2) is 0 Å². The predicted octanol–water partition coefficient (Wildman–Crippen LogP) is 3.10. The number of hydrogen-bond donors (Lipinski definition) is 1. The van der Waals surface area contributed by atoms with E-state index in [2.05, 4.69) is 29.7 Å². The molecule has 0 aliphatic heterocycles. The summed E-state index contributed by atoms with van der Waals surface area (Å²) in [4.78, 5) is 11.3. The maximum absolute atomic E-state index is 11.3.